The maximum Gasteiger partial charge on any atom is 0.250 e. The predicted molar refractivity (Wildman–Crippen MR) is 103 cm³/mol. The molecular weight excluding hydrogens is 367 g/mol. The first kappa shape index (κ1) is 17.2. The summed E-state index contributed by atoms with van der Waals surface area (Å²) in [5, 5.41) is 5.09. The highest BCUT2D eigenvalue weighted by atomic mass is 32.1. The van der Waals surface area contributed by atoms with Crippen LogP contribution in [0.5, 0.6) is 11.5 Å². The van der Waals surface area contributed by atoms with Crippen molar-refractivity contribution in [1.29, 1.82) is 0 Å². The first-order valence-electron chi connectivity index (χ1n) is 8.27. The second-order valence-corrected chi connectivity index (χ2v) is 6.63. The average Bonchev–Trinajstić information content (AvgIpc) is 3.15. The second kappa shape index (κ2) is 7.59. The summed E-state index contributed by atoms with van der Waals surface area (Å²) in [6, 6.07) is 11.5. The summed E-state index contributed by atoms with van der Waals surface area (Å²) in [6.07, 6.45) is 3.00. The minimum absolute atomic E-state index is 0.303. The Morgan fingerprint density at radius 2 is 1.89 bits per heavy atom. The molecule has 1 aromatic heterocycles. The van der Waals surface area contributed by atoms with Crippen molar-refractivity contribution in [2.45, 2.75) is 0 Å². The van der Waals surface area contributed by atoms with E-state index >= 15 is 0 Å². The average molecular weight is 382 g/mol. The number of benzene rings is 2. The summed E-state index contributed by atoms with van der Waals surface area (Å²) in [6.45, 7) is 1.07. The molecule has 27 heavy (non-hydrogen) atoms. The van der Waals surface area contributed by atoms with Gasteiger partial charge in [0.25, 0.3) is 0 Å². The van der Waals surface area contributed by atoms with E-state index in [2.05, 4.69) is 10.3 Å². The number of carbonyl (C=O) groups is 1. The van der Waals surface area contributed by atoms with Crippen LogP contribution >= 0.6 is 11.3 Å². The number of hydrogen-bond donors (Lipinski definition) is 1. The number of anilines is 1. The Kier molecular flexibility index (Phi) is 4.84. The van der Waals surface area contributed by atoms with E-state index in [0.717, 1.165) is 22.6 Å². The number of amides is 1. The third kappa shape index (κ3) is 4.15. The highest BCUT2D eigenvalue weighted by molar-refractivity contribution is 7.14. The first-order valence-corrected chi connectivity index (χ1v) is 9.15. The van der Waals surface area contributed by atoms with Crippen LogP contribution in [-0.4, -0.2) is 24.1 Å². The van der Waals surface area contributed by atoms with Crippen LogP contribution in [0.1, 0.15) is 5.56 Å². The van der Waals surface area contributed by atoms with Crippen LogP contribution in [0.4, 0.5) is 9.52 Å². The summed E-state index contributed by atoms with van der Waals surface area (Å²) >= 11 is 1.34. The number of fused-ring (bicyclic) bond motifs is 1. The maximum absolute atomic E-state index is 12.9. The minimum atomic E-state index is -0.314. The van der Waals surface area contributed by atoms with E-state index in [1.807, 2.05) is 23.6 Å². The predicted octanol–water partition coefficient (Wildman–Crippen LogP) is 4.37. The fourth-order valence-corrected chi connectivity index (χ4v) is 3.28. The van der Waals surface area contributed by atoms with Crippen LogP contribution in [0.25, 0.3) is 17.3 Å². The molecule has 0 spiro atoms. The summed E-state index contributed by atoms with van der Waals surface area (Å²) in [5.41, 5.74) is 2.37. The van der Waals surface area contributed by atoms with E-state index < -0.39 is 0 Å². The minimum Gasteiger partial charge on any atom is -0.486 e. The number of ether oxygens (including phenoxy) is 2. The highest BCUT2D eigenvalue weighted by Gasteiger charge is 2.14. The fraction of sp³-hybridized carbons (Fsp3) is 0.100. The zero-order chi connectivity index (χ0) is 18.6. The molecule has 5 nitrogen and oxygen atoms in total. The van der Waals surface area contributed by atoms with Crippen LogP contribution in [0.2, 0.25) is 0 Å². The number of aromatic nitrogens is 1. The molecule has 0 atom stereocenters. The van der Waals surface area contributed by atoms with Crippen molar-refractivity contribution >= 4 is 28.5 Å². The van der Waals surface area contributed by atoms with Gasteiger partial charge in [0.15, 0.2) is 16.6 Å². The molecule has 0 aliphatic carbocycles. The molecule has 2 heterocycles. The van der Waals surface area contributed by atoms with Gasteiger partial charge >= 0.3 is 0 Å². The lowest BCUT2D eigenvalue weighted by Gasteiger charge is -2.18. The van der Waals surface area contributed by atoms with Gasteiger partial charge in [-0.25, -0.2) is 9.37 Å². The Bertz CT molecular complexity index is 999. The summed E-state index contributed by atoms with van der Waals surface area (Å²) in [7, 11) is 0. The molecule has 0 fully saturated rings. The zero-order valence-electron chi connectivity index (χ0n) is 14.1. The topological polar surface area (TPSA) is 60.5 Å². The summed E-state index contributed by atoms with van der Waals surface area (Å²) < 4.78 is 24.0. The molecule has 4 rings (SSSR count). The van der Waals surface area contributed by atoms with E-state index in [9.17, 15) is 9.18 Å². The number of halogens is 1. The molecule has 1 aliphatic heterocycles. The Hall–Kier alpha value is -3.19. The third-order valence-electron chi connectivity index (χ3n) is 3.87. The van der Waals surface area contributed by atoms with Gasteiger partial charge in [-0.2, -0.15) is 0 Å². The van der Waals surface area contributed by atoms with Gasteiger partial charge in [-0.05, 0) is 42.0 Å². The number of hydrogen-bond acceptors (Lipinski definition) is 5. The lowest BCUT2D eigenvalue weighted by molar-refractivity contribution is -0.111. The van der Waals surface area contributed by atoms with E-state index in [4.69, 9.17) is 9.47 Å². The van der Waals surface area contributed by atoms with Crippen molar-refractivity contribution in [2.24, 2.45) is 0 Å². The lowest BCUT2D eigenvalue weighted by Crippen LogP contribution is -2.15. The molecule has 0 radical (unpaired) electrons. The zero-order valence-corrected chi connectivity index (χ0v) is 15.0. The molecule has 0 bridgehead atoms. The Morgan fingerprint density at radius 3 is 2.70 bits per heavy atom. The second-order valence-electron chi connectivity index (χ2n) is 5.77. The molecule has 3 aromatic rings. The Balaban J connectivity index is 1.43. The molecule has 0 unspecified atom stereocenters. The van der Waals surface area contributed by atoms with Gasteiger partial charge in [-0.1, -0.05) is 12.1 Å². The van der Waals surface area contributed by atoms with Crippen molar-refractivity contribution < 1.29 is 18.7 Å². The monoisotopic (exact) mass is 382 g/mol. The summed E-state index contributed by atoms with van der Waals surface area (Å²) in [5.74, 6) is 0.799. The van der Waals surface area contributed by atoms with Gasteiger partial charge < -0.3 is 9.47 Å². The van der Waals surface area contributed by atoms with Gasteiger partial charge in [0.1, 0.15) is 19.0 Å². The van der Waals surface area contributed by atoms with Gasteiger partial charge in [0.05, 0.1) is 5.69 Å². The van der Waals surface area contributed by atoms with Crippen molar-refractivity contribution in [3.05, 3.63) is 65.3 Å². The lowest BCUT2D eigenvalue weighted by atomic mass is 10.1. The molecule has 2 aromatic carbocycles. The van der Waals surface area contributed by atoms with E-state index in [1.165, 1.54) is 29.5 Å². The number of thiazole rings is 1. The van der Waals surface area contributed by atoms with Crippen LogP contribution in [-0.2, 0) is 4.79 Å². The van der Waals surface area contributed by atoms with Crippen molar-refractivity contribution in [2.75, 3.05) is 18.5 Å². The SMILES string of the molecule is O=C(/C=C/c1ccc(F)cc1)Nc1nc(-c2ccc3c(c2)OCCO3)cs1. The number of rotatable bonds is 4. The molecule has 0 saturated heterocycles. The normalized spacial score (nSPS) is 12.9. The van der Waals surface area contributed by atoms with E-state index in [1.54, 1.807) is 18.2 Å². The van der Waals surface area contributed by atoms with Crippen LogP contribution in [0.3, 0.4) is 0 Å². The molecule has 1 N–H and O–H groups in total. The van der Waals surface area contributed by atoms with Crippen molar-refractivity contribution in [1.82, 2.24) is 4.98 Å². The third-order valence-corrected chi connectivity index (χ3v) is 4.63. The Morgan fingerprint density at radius 1 is 1.11 bits per heavy atom. The number of nitrogens with one attached hydrogen (secondary N) is 1. The molecule has 1 aliphatic rings. The van der Waals surface area contributed by atoms with E-state index in [0.29, 0.717) is 24.1 Å². The van der Waals surface area contributed by atoms with E-state index in [-0.39, 0.29) is 11.7 Å². The molecule has 1 amide bonds. The maximum atomic E-state index is 12.9. The quantitative estimate of drug-likeness (QED) is 0.681. The van der Waals surface area contributed by atoms with Crippen LogP contribution < -0.4 is 14.8 Å². The van der Waals surface area contributed by atoms with Gasteiger partial charge in [0, 0.05) is 17.0 Å². The fourth-order valence-electron chi connectivity index (χ4n) is 2.56. The van der Waals surface area contributed by atoms with Gasteiger partial charge in [-0.15, -0.1) is 11.3 Å². The van der Waals surface area contributed by atoms with Crippen LogP contribution in [0, 0.1) is 5.82 Å². The van der Waals surface area contributed by atoms with Gasteiger partial charge in [0.2, 0.25) is 5.91 Å². The standard InChI is InChI=1S/C20H15FN2O3S/c21-15-5-1-13(2-6-15)3-8-19(24)23-20-22-16(12-27-20)14-4-7-17-18(11-14)26-10-9-25-17/h1-8,11-12H,9-10H2,(H,22,23,24)/b8-3+. The van der Waals surface area contributed by atoms with Gasteiger partial charge in [-0.3, -0.25) is 10.1 Å². The molecule has 7 heteroatoms. The Labute approximate surface area is 159 Å². The first-order chi connectivity index (χ1) is 13.2. The smallest absolute Gasteiger partial charge is 0.250 e. The number of nitrogens with zero attached hydrogens (tertiary/aromatic N) is 1. The molecular formula is C20H15FN2O3S. The highest BCUT2D eigenvalue weighted by Crippen LogP contribution is 2.35. The van der Waals surface area contributed by atoms with Crippen LogP contribution in [0.15, 0.2) is 53.9 Å². The van der Waals surface area contributed by atoms with Crippen molar-refractivity contribution in [3.63, 3.8) is 0 Å². The van der Waals surface area contributed by atoms with Crippen molar-refractivity contribution in [3.8, 4) is 22.8 Å². The number of carbonyl (C=O) groups excluding carboxylic acids is 1. The largest absolute Gasteiger partial charge is 0.486 e. The summed E-state index contributed by atoms with van der Waals surface area (Å²) in [4.78, 5) is 16.5. The molecule has 0 saturated carbocycles. The molecule has 136 valence electrons.